The van der Waals surface area contributed by atoms with Gasteiger partial charge in [0.15, 0.2) is 0 Å². The number of ether oxygens (including phenoxy) is 1. The largest absolute Gasteiger partial charge is 0.466 e. The topological polar surface area (TPSA) is 38.3 Å². The molecule has 0 aliphatic heterocycles. The van der Waals surface area contributed by atoms with Crippen LogP contribution in [0.3, 0.4) is 0 Å². The second-order valence-corrected chi connectivity index (χ2v) is 3.79. The van der Waals surface area contributed by atoms with E-state index in [1.807, 2.05) is 14.0 Å². The predicted molar refractivity (Wildman–Crippen MR) is 51.4 cm³/mol. The Morgan fingerprint density at radius 3 is 2.69 bits per heavy atom. The maximum Gasteiger partial charge on any atom is 0.309 e. The Hall–Kier alpha value is -0.570. The van der Waals surface area contributed by atoms with E-state index in [0.717, 1.165) is 12.8 Å². The van der Waals surface area contributed by atoms with Crippen molar-refractivity contribution in [2.75, 3.05) is 13.7 Å². The van der Waals surface area contributed by atoms with Gasteiger partial charge in [-0.15, -0.1) is 0 Å². The summed E-state index contributed by atoms with van der Waals surface area (Å²) in [6.07, 6.45) is 2.01. The highest BCUT2D eigenvalue weighted by Crippen LogP contribution is 2.32. The van der Waals surface area contributed by atoms with Crippen LogP contribution in [-0.2, 0) is 9.53 Å². The summed E-state index contributed by atoms with van der Waals surface area (Å²) in [7, 11) is 1.95. The van der Waals surface area contributed by atoms with Crippen molar-refractivity contribution in [3.05, 3.63) is 0 Å². The minimum absolute atomic E-state index is 0.0206. The van der Waals surface area contributed by atoms with Crippen molar-refractivity contribution in [3.8, 4) is 0 Å². The van der Waals surface area contributed by atoms with Crippen LogP contribution in [0, 0.1) is 11.8 Å². The number of hydrogen-bond donors (Lipinski definition) is 1. The van der Waals surface area contributed by atoms with Gasteiger partial charge >= 0.3 is 5.97 Å². The Balaban J connectivity index is 2.46. The molecule has 3 nitrogen and oxygen atoms in total. The van der Waals surface area contributed by atoms with Gasteiger partial charge in [0.2, 0.25) is 0 Å². The number of hydrogen-bond acceptors (Lipinski definition) is 3. The molecule has 13 heavy (non-hydrogen) atoms. The molecule has 0 aromatic carbocycles. The van der Waals surface area contributed by atoms with Crippen molar-refractivity contribution in [3.63, 3.8) is 0 Å². The summed E-state index contributed by atoms with van der Waals surface area (Å²) >= 11 is 0. The van der Waals surface area contributed by atoms with Crippen molar-refractivity contribution < 1.29 is 9.53 Å². The van der Waals surface area contributed by atoms with Crippen molar-refractivity contribution in [2.24, 2.45) is 11.8 Å². The van der Waals surface area contributed by atoms with E-state index >= 15 is 0 Å². The van der Waals surface area contributed by atoms with E-state index in [4.69, 9.17) is 4.74 Å². The predicted octanol–water partition coefficient (Wildman–Crippen LogP) is 1.18. The Labute approximate surface area is 79.8 Å². The highest BCUT2D eigenvalue weighted by Gasteiger charge is 2.36. The Morgan fingerprint density at radius 1 is 1.54 bits per heavy atom. The Morgan fingerprint density at radius 2 is 2.23 bits per heavy atom. The molecular weight excluding hydrogens is 166 g/mol. The number of carbonyl (C=O) groups is 1. The molecule has 1 aliphatic rings. The molecule has 1 N–H and O–H groups in total. The fourth-order valence-corrected chi connectivity index (χ4v) is 2.06. The lowest BCUT2D eigenvalue weighted by Crippen LogP contribution is -2.23. The summed E-state index contributed by atoms with van der Waals surface area (Å²) < 4.78 is 5.02. The SMILES string of the molecule is CCOC(=O)C1CC(NC)CC1C. The van der Waals surface area contributed by atoms with Gasteiger partial charge in [-0.2, -0.15) is 0 Å². The summed E-state index contributed by atoms with van der Waals surface area (Å²) in [5.41, 5.74) is 0. The molecule has 0 radical (unpaired) electrons. The van der Waals surface area contributed by atoms with Gasteiger partial charge in [0.25, 0.3) is 0 Å². The maximum atomic E-state index is 11.5. The molecule has 0 heterocycles. The van der Waals surface area contributed by atoms with Gasteiger partial charge in [-0.05, 0) is 32.7 Å². The first-order chi connectivity index (χ1) is 6.19. The molecule has 0 aromatic heterocycles. The molecule has 3 atom stereocenters. The van der Waals surface area contributed by atoms with Gasteiger partial charge in [0.05, 0.1) is 12.5 Å². The molecule has 1 rings (SSSR count). The number of carbonyl (C=O) groups excluding carboxylic acids is 1. The van der Waals surface area contributed by atoms with Crippen LogP contribution in [0.4, 0.5) is 0 Å². The zero-order valence-corrected chi connectivity index (χ0v) is 8.67. The van der Waals surface area contributed by atoms with E-state index in [1.54, 1.807) is 0 Å². The molecule has 1 fully saturated rings. The molecule has 0 saturated heterocycles. The van der Waals surface area contributed by atoms with Gasteiger partial charge in [-0.1, -0.05) is 6.92 Å². The quantitative estimate of drug-likeness (QED) is 0.671. The molecule has 1 aliphatic carbocycles. The van der Waals surface area contributed by atoms with Gasteiger partial charge in [-0.3, -0.25) is 4.79 Å². The highest BCUT2D eigenvalue weighted by atomic mass is 16.5. The van der Waals surface area contributed by atoms with Crippen LogP contribution in [-0.4, -0.2) is 25.7 Å². The van der Waals surface area contributed by atoms with Crippen LogP contribution in [0.2, 0.25) is 0 Å². The average molecular weight is 185 g/mol. The summed E-state index contributed by atoms with van der Waals surface area (Å²) in [5, 5.41) is 3.21. The van der Waals surface area contributed by atoms with E-state index in [1.165, 1.54) is 0 Å². The lowest BCUT2D eigenvalue weighted by molar-refractivity contribution is -0.149. The van der Waals surface area contributed by atoms with Crippen LogP contribution in [0.25, 0.3) is 0 Å². The van der Waals surface area contributed by atoms with Crippen molar-refractivity contribution in [1.82, 2.24) is 5.32 Å². The Kier molecular flexibility index (Phi) is 3.72. The van der Waals surface area contributed by atoms with Gasteiger partial charge in [-0.25, -0.2) is 0 Å². The van der Waals surface area contributed by atoms with Gasteiger partial charge < -0.3 is 10.1 Å². The summed E-state index contributed by atoms with van der Waals surface area (Å²) in [6, 6.07) is 0.490. The van der Waals surface area contributed by atoms with Gasteiger partial charge in [0, 0.05) is 6.04 Å². The fourth-order valence-electron chi connectivity index (χ4n) is 2.06. The van der Waals surface area contributed by atoms with Crippen LogP contribution < -0.4 is 5.32 Å². The lowest BCUT2D eigenvalue weighted by atomic mass is 9.99. The van der Waals surface area contributed by atoms with Crippen LogP contribution in [0.5, 0.6) is 0 Å². The summed E-state index contributed by atoms with van der Waals surface area (Å²) in [4.78, 5) is 11.5. The number of rotatable bonds is 3. The molecule has 0 bridgehead atoms. The van der Waals surface area contributed by atoms with Crippen LogP contribution in [0.1, 0.15) is 26.7 Å². The zero-order chi connectivity index (χ0) is 9.84. The normalized spacial score (nSPS) is 33.3. The first-order valence-corrected chi connectivity index (χ1v) is 5.03. The first-order valence-electron chi connectivity index (χ1n) is 5.03. The Bertz CT molecular complexity index is 182. The fraction of sp³-hybridized carbons (Fsp3) is 0.900. The van der Waals surface area contributed by atoms with E-state index in [0.29, 0.717) is 18.6 Å². The standard InChI is InChI=1S/C10H19NO2/c1-4-13-10(12)9-6-8(11-3)5-7(9)2/h7-9,11H,4-6H2,1-3H3. The summed E-state index contributed by atoms with van der Waals surface area (Å²) in [6.45, 7) is 4.47. The van der Waals surface area contributed by atoms with E-state index in [-0.39, 0.29) is 11.9 Å². The third kappa shape index (κ3) is 2.44. The molecule has 3 unspecified atom stereocenters. The average Bonchev–Trinajstić information content (AvgIpc) is 2.47. The summed E-state index contributed by atoms with van der Waals surface area (Å²) in [5.74, 6) is 0.543. The van der Waals surface area contributed by atoms with Crippen molar-refractivity contribution in [1.29, 1.82) is 0 Å². The van der Waals surface area contributed by atoms with Crippen LogP contribution >= 0.6 is 0 Å². The molecule has 3 heteroatoms. The minimum atomic E-state index is -0.0206. The van der Waals surface area contributed by atoms with Crippen molar-refractivity contribution >= 4 is 5.97 Å². The molecule has 0 amide bonds. The molecule has 0 spiro atoms. The molecule has 0 aromatic rings. The number of nitrogens with one attached hydrogen (secondary N) is 1. The minimum Gasteiger partial charge on any atom is -0.466 e. The second-order valence-electron chi connectivity index (χ2n) is 3.79. The second kappa shape index (κ2) is 4.61. The van der Waals surface area contributed by atoms with E-state index in [9.17, 15) is 4.79 Å². The molecular formula is C10H19NO2. The molecule has 76 valence electrons. The first kappa shape index (κ1) is 10.5. The van der Waals surface area contributed by atoms with Crippen LogP contribution in [0.15, 0.2) is 0 Å². The third-order valence-electron chi connectivity index (χ3n) is 2.88. The maximum absolute atomic E-state index is 11.5. The third-order valence-corrected chi connectivity index (χ3v) is 2.88. The zero-order valence-electron chi connectivity index (χ0n) is 8.67. The highest BCUT2D eigenvalue weighted by molar-refractivity contribution is 5.73. The van der Waals surface area contributed by atoms with Crippen molar-refractivity contribution in [2.45, 2.75) is 32.7 Å². The monoisotopic (exact) mass is 185 g/mol. The smallest absolute Gasteiger partial charge is 0.309 e. The number of esters is 1. The van der Waals surface area contributed by atoms with E-state index in [2.05, 4.69) is 12.2 Å². The van der Waals surface area contributed by atoms with E-state index < -0.39 is 0 Å². The molecule has 1 saturated carbocycles. The lowest BCUT2D eigenvalue weighted by Gasteiger charge is -2.12. The van der Waals surface area contributed by atoms with Gasteiger partial charge in [0.1, 0.15) is 0 Å².